The third-order valence-corrected chi connectivity index (χ3v) is 11.3. The fourth-order valence-electron chi connectivity index (χ4n) is 9.28. The molecule has 0 aromatic carbocycles. The first kappa shape index (κ1) is 27.2. The van der Waals surface area contributed by atoms with Crippen LogP contribution in [0.4, 0.5) is 0 Å². The second-order valence-electron chi connectivity index (χ2n) is 13.0. The molecule has 5 aliphatic rings. The van der Waals surface area contributed by atoms with Gasteiger partial charge in [-0.1, -0.05) is 20.8 Å². The maximum Gasteiger partial charge on any atom is 0.336 e. The summed E-state index contributed by atoms with van der Waals surface area (Å²) in [5.74, 6) is -5.28. The van der Waals surface area contributed by atoms with Crippen molar-refractivity contribution < 1.29 is 48.8 Å². The third-order valence-electron chi connectivity index (χ3n) is 11.3. The summed E-state index contributed by atoms with van der Waals surface area (Å²) in [7, 11) is 0. The van der Waals surface area contributed by atoms with E-state index in [4.69, 9.17) is 14.6 Å². The number of carbonyl (C=O) groups excluding carboxylic acids is 2. The monoisotopic (exact) mass is 534 g/mol. The Morgan fingerprint density at radius 3 is 2.16 bits per heavy atom. The third kappa shape index (κ3) is 3.93. The van der Waals surface area contributed by atoms with Gasteiger partial charge in [-0.2, -0.15) is 0 Å². The van der Waals surface area contributed by atoms with E-state index in [1.54, 1.807) is 0 Å². The van der Waals surface area contributed by atoms with Gasteiger partial charge < -0.3 is 24.8 Å². The van der Waals surface area contributed by atoms with Crippen molar-refractivity contribution in [3.63, 3.8) is 0 Å². The Morgan fingerprint density at radius 1 is 0.947 bits per heavy atom. The second-order valence-corrected chi connectivity index (χ2v) is 13.0. The first-order valence-corrected chi connectivity index (χ1v) is 13.8. The van der Waals surface area contributed by atoms with Crippen LogP contribution < -0.4 is 0 Å². The van der Waals surface area contributed by atoms with Gasteiger partial charge in [-0.3, -0.25) is 14.4 Å². The highest BCUT2D eigenvalue weighted by atomic mass is 16.8. The molecule has 5 rings (SSSR count). The van der Waals surface area contributed by atoms with Gasteiger partial charge in [0.05, 0.1) is 0 Å². The minimum atomic E-state index is -1.61. The van der Waals surface area contributed by atoms with E-state index in [-0.39, 0.29) is 71.8 Å². The predicted octanol–water partition coefficient (Wildman–Crippen LogP) is 3.15. The van der Waals surface area contributed by atoms with Gasteiger partial charge in [0, 0.05) is 43.4 Å². The second kappa shape index (κ2) is 9.11. The van der Waals surface area contributed by atoms with Gasteiger partial charge in [-0.05, 0) is 60.7 Å². The lowest BCUT2D eigenvalue weighted by Crippen LogP contribution is -2.61. The Labute approximate surface area is 221 Å². The van der Waals surface area contributed by atoms with E-state index in [1.165, 1.54) is 0 Å². The van der Waals surface area contributed by atoms with Crippen molar-refractivity contribution in [2.75, 3.05) is 0 Å². The van der Waals surface area contributed by atoms with E-state index < -0.39 is 41.3 Å². The fraction of sp³-hybridized carbons (Fsp3) is 0.821. The van der Waals surface area contributed by atoms with Gasteiger partial charge >= 0.3 is 17.9 Å². The number of ketones is 2. The summed E-state index contributed by atoms with van der Waals surface area (Å²) in [6, 6.07) is 0. The number of Topliss-reactive ketones (excluding diaryl/α,β-unsaturated/α-hetero) is 2. The zero-order valence-electron chi connectivity index (χ0n) is 22.2. The molecule has 0 aromatic heterocycles. The standard InChI is InChI=1S/C28H38O10/c1-13(4-7-20(31)32)15-5-6-16-21-17(11-19(30)27(15,16)3)26(2)8-9-28(12-14(26)10-18(21)29)37-22(24(33)34)23(38-28)25(35)36/h13-17,21-23H,4-12H2,1-3H3,(H,31,32)(H,33,34)(H,35,36). The van der Waals surface area contributed by atoms with Crippen LogP contribution in [-0.2, 0) is 33.4 Å². The summed E-state index contributed by atoms with van der Waals surface area (Å²) in [5, 5.41) is 28.2. The SMILES string of the molecule is CC(CCC(=O)O)C1CCC2C3C(=O)CC4CC5(CCC4(C)C3CC(=O)C12C)OC(C(=O)O)C(C(=O)O)O5. The number of carboxylic acid groups (broad SMARTS) is 3. The first-order chi connectivity index (χ1) is 17.7. The van der Waals surface area contributed by atoms with Gasteiger partial charge in [-0.25, -0.2) is 9.59 Å². The van der Waals surface area contributed by atoms with Crippen LogP contribution in [0.5, 0.6) is 0 Å². The van der Waals surface area contributed by atoms with Crippen molar-refractivity contribution >= 4 is 29.5 Å². The summed E-state index contributed by atoms with van der Waals surface area (Å²) < 4.78 is 11.5. The van der Waals surface area contributed by atoms with E-state index in [2.05, 4.69) is 6.92 Å². The molecule has 3 N–H and O–H groups in total. The maximum atomic E-state index is 13.9. The molecule has 1 heterocycles. The van der Waals surface area contributed by atoms with Gasteiger partial charge in [-0.15, -0.1) is 0 Å². The molecule has 210 valence electrons. The number of hydrogen-bond donors (Lipinski definition) is 3. The maximum absolute atomic E-state index is 13.9. The Hall–Kier alpha value is -2.33. The summed E-state index contributed by atoms with van der Waals surface area (Å²) in [6.07, 6.45) is 0.552. The van der Waals surface area contributed by atoms with Crippen LogP contribution >= 0.6 is 0 Å². The summed E-state index contributed by atoms with van der Waals surface area (Å²) >= 11 is 0. The minimum absolute atomic E-state index is 0.0504. The molecule has 1 spiro atoms. The molecule has 5 fully saturated rings. The largest absolute Gasteiger partial charge is 0.481 e. The molecule has 0 amide bonds. The van der Waals surface area contributed by atoms with E-state index >= 15 is 0 Å². The van der Waals surface area contributed by atoms with Crippen molar-refractivity contribution in [1.82, 2.24) is 0 Å². The molecule has 0 bridgehead atoms. The topological polar surface area (TPSA) is 164 Å². The summed E-state index contributed by atoms with van der Waals surface area (Å²) in [6.45, 7) is 6.14. The lowest BCUT2D eigenvalue weighted by atomic mass is 9.43. The van der Waals surface area contributed by atoms with Crippen LogP contribution in [0.1, 0.15) is 78.6 Å². The molecule has 10 nitrogen and oxygen atoms in total. The smallest absolute Gasteiger partial charge is 0.336 e. The summed E-state index contributed by atoms with van der Waals surface area (Å²) in [5.41, 5.74) is -1.00. The number of aliphatic carboxylic acids is 3. The molecule has 0 aromatic rings. The highest BCUT2D eigenvalue weighted by Gasteiger charge is 2.68. The zero-order chi connectivity index (χ0) is 27.8. The van der Waals surface area contributed by atoms with E-state index in [1.807, 2.05) is 13.8 Å². The number of rotatable bonds is 6. The average molecular weight is 535 g/mol. The molecule has 10 atom stereocenters. The molecule has 4 saturated carbocycles. The van der Waals surface area contributed by atoms with Crippen molar-refractivity contribution in [2.45, 2.75) is 96.6 Å². The molecule has 1 aliphatic heterocycles. The average Bonchev–Trinajstić information content (AvgIpc) is 3.39. The van der Waals surface area contributed by atoms with Crippen molar-refractivity contribution in [3.05, 3.63) is 0 Å². The van der Waals surface area contributed by atoms with Crippen LogP contribution in [0.2, 0.25) is 0 Å². The Bertz CT molecular complexity index is 1050. The van der Waals surface area contributed by atoms with Gasteiger partial charge in [0.2, 0.25) is 0 Å². The lowest BCUT2D eigenvalue weighted by molar-refractivity contribution is -0.238. The highest BCUT2D eigenvalue weighted by Crippen LogP contribution is 2.67. The van der Waals surface area contributed by atoms with Crippen LogP contribution in [0.25, 0.3) is 0 Å². The van der Waals surface area contributed by atoms with E-state index in [0.29, 0.717) is 25.7 Å². The molecule has 4 aliphatic carbocycles. The molecule has 10 unspecified atom stereocenters. The van der Waals surface area contributed by atoms with E-state index in [9.17, 15) is 34.2 Å². The zero-order valence-corrected chi connectivity index (χ0v) is 22.2. The highest BCUT2D eigenvalue weighted by molar-refractivity contribution is 5.92. The van der Waals surface area contributed by atoms with E-state index in [0.717, 1.165) is 12.8 Å². The van der Waals surface area contributed by atoms with Crippen molar-refractivity contribution in [1.29, 1.82) is 0 Å². The Kier molecular flexibility index (Phi) is 6.53. The van der Waals surface area contributed by atoms with Gasteiger partial charge in [0.15, 0.2) is 18.0 Å². The number of carbonyl (C=O) groups is 5. The predicted molar refractivity (Wildman–Crippen MR) is 130 cm³/mol. The normalized spacial score (nSPS) is 46.8. The Morgan fingerprint density at radius 2 is 1.58 bits per heavy atom. The molecule has 10 heteroatoms. The minimum Gasteiger partial charge on any atom is -0.481 e. The van der Waals surface area contributed by atoms with Gasteiger partial charge in [0.25, 0.3) is 0 Å². The molecule has 0 radical (unpaired) electrons. The first-order valence-electron chi connectivity index (χ1n) is 13.8. The number of hydrogen-bond acceptors (Lipinski definition) is 7. The van der Waals surface area contributed by atoms with Crippen LogP contribution in [0.15, 0.2) is 0 Å². The Balaban J connectivity index is 1.39. The number of carboxylic acids is 3. The number of fused-ring (bicyclic) bond motifs is 5. The van der Waals surface area contributed by atoms with Crippen LogP contribution in [0.3, 0.4) is 0 Å². The molecular weight excluding hydrogens is 496 g/mol. The van der Waals surface area contributed by atoms with Crippen LogP contribution in [0, 0.1) is 46.3 Å². The van der Waals surface area contributed by atoms with Crippen molar-refractivity contribution in [3.8, 4) is 0 Å². The fourth-order valence-corrected chi connectivity index (χ4v) is 9.28. The molecule has 38 heavy (non-hydrogen) atoms. The van der Waals surface area contributed by atoms with Crippen molar-refractivity contribution in [2.24, 2.45) is 46.3 Å². The van der Waals surface area contributed by atoms with Crippen LogP contribution in [-0.4, -0.2) is 62.8 Å². The quantitative estimate of drug-likeness (QED) is 0.461. The molecule has 1 saturated heterocycles. The number of ether oxygens (including phenoxy) is 2. The lowest BCUT2D eigenvalue weighted by Gasteiger charge is -2.60. The van der Waals surface area contributed by atoms with Gasteiger partial charge in [0.1, 0.15) is 11.6 Å². The molecular formula is C28H38O10. The summed E-state index contributed by atoms with van der Waals surface area (Å²) in [4.78, 5) is 62.2.